The largest absolute Gasteiger partial charge is 0.497 e. The first kappa shape index (κ1) is 26.2. The molecule has 36 heavy (non-hydrogen) atoms. The third-order valence-electron chi connectivity index (χ3n) is 7.92. The molecule has 3 amide bonds. The molecule has 2 aromatic rings. The normalized spacial score (nSPS) is 18.2. The highest BCUT2D eigenvalue weighted by molar-refractivity contribution is 6.07. The van der Waals surface area contributed by atoms with Gasteiger partial charge in [-0.05, 0) is 63.6 Å². The number of carbonyl (C=O) groups is 2. The number of rotatable bonds is 9. The number of aryl methyl sites for hydroxylation is 2. The van der Waals surface area contributed by atoms with E-state index in [-0.39, 0.29) is 18.5 Å². The number of nitrogens with zero attached hydrogens (tertiary/aromatic N) is 5. The number of carbonyl (C=O) groups excluding carboxylic acids is 2. The van der Waals surface area contributed by atoms with Gasteiger partial charge in [-0.3, -0.25) is 19.3 Å². The van der Waals surface area contributed by atoms with E-state index in [2.05, 4.69) is 49.3 Å². The molecule has 1 spiro atoms. The van der Waals surface area contributed by atoms with Crippen LogP contribution in [0.4, 0.5) is 4.79 Å². The van der Waals surface area contributed by atoms with Gasteiger partial charge in [0.15, 0.2) is 0 Å². The van der Waals surface area contributed by atoms with Crippen molar-refractivity contribution in [3.05, 3.63) is 46.8 Å². The number of benzene rings is 1. The maximum atomic E-state index is 13.9. The number of aromatic nitrogens is 2. The number of hydrogen-bond donors (Lipinski definition) is 0. The van der Waals surface area contributed by atoms with E-state index in [1.54, 1.807) is 7.11 Å². The van der Waals surface area contributed by atoms with Gasteiger partial charge in [-0.25, -0.2) is 4.79 Å². The Morgan fingerprint density at radius 1 is 1.11 bits per heavy atom. The van der Waals surface area contributed by atoms with Crippen LogP contribution in [-0.4, -0.2) is 68.7 Å². The van der Waals surface area contributed by atoms with Crippen LogP contribution in [0.2, 0.25) is 0 Å². The Kier molecular flexibility index (Phi) is 7.73. The van der Waals surface area contributed by atoms with Crippen molar-refractivity contribution in [3.63, 3.8) is 0 Å². The van der Waals surface area contributed by atoms with Crippen molar-refractivity contribution in [2.45, 2.75) is 79.1 Å². The molecule has 196 valence electrons. The van der Waals surface area contributed by atoms with E-state index >= 15 is 0 Å². The monoisotopic (exact) mass is 495 g/mol. The van der Waals surface area contributed by atoms with Crippen LogP contribution in [0.5, 0.6) is 5.75 Å². The average molecular weight is 496 g/mol. The molecule has 0 saturated carbocycles. The zero-order valence-electron chi connectivity index (χ0n) is 22.7. The molecule has 8 nitrogen and oxygen atoms in total. The second-order valence-electron chi connectivity index (χ2n) is 10.6. The smallest absolute Gasteiger partial charge is 0.327 e. The first-order chi connectivity index (χ1) is 17.2. The molecule has 0 N–H and O–H groups in total. The summed E-state index contributed by atoms with van der Waals surface area (Å²) in [5.74, 6) is 1.13. The first-order valence-corrected chi connectivity index (χ1v) is 13.2. The molecular formula is C28H41N5O3. The van der Waals surface area contributed by atoms with Crippen LogP contribution in [0.1, 0.15) is 62.5 Å². The van der Waals surface area contributed by atoms with Crippen molar-refractivity contribution < 1.29 is 14.3 Å². The lowest BCUT2D eigenvalue weighted by Gasteiger charge is -2.42. The van der Waals surface area contributed by atoms with Crippen molar-refractivity contribution in [3.8, 4) is 5.75 Å². The highest BCUT2D eigenvalue weighted by Crippen LogP contribution is 2.39. The van der Waals surface area contributed by atoms with Crippen molar-refractivity contribution in [1.82, 2.24) is 24.5 Å². The quantitative estimate of drug-likeness (QED) is 0.483. The fourth-order valence-corrected chi connectivity index (χ4v) is 5.63. The van der Waals surface area contributed by atoms with Gasteiger partial charge in [-0.1, -0.05) is 26.0 Å². The minimum absolute atomic E-state index is 0.0510. The molecule has 0 radical (unpaired) electrons. The van der Waals surface area contributed by atoms with E-state index in [1.165, 1.54) is 16.2 Å². The molecule has 1 aromatic carbocycles. The summed E-state index contributed by atoms with van der Waals surface area (Å²) in [5.41, 5.74) is 3.71. The number of imide groups is 1. The van der Waals surface area contributed by atoms with Crippen molar-refractivity contribution in [2.24, 2.45) is 5.92 Å². The fourth-order valence-electron chi connectivity index (χ4n) is 5.63. The Morgan fingerprint density at radius 2 is 1.83 bits per heavy atom. The van der Waals surface area contributed by atoms with Crippen molar-refractivity contribution in [2.75, 3.05) is 26.7 Å². The van der Waals surface area contributed by atoms with Gasteiger partial charge in [0, 0.05) is 44.0 Å². The number of ether oxygens (including phenoxy) is 1. The lowest BCUT2D eigenvalue weighted by Crippen LogP contribution is -2.56. The molecular weight excluding hydrogens is 454 g/mol. The van der Waals surface area contributed by atoms with Crippen molar-refractivity contribution in [1.29, 1.82) is 0 Å². The minimum Gasteiger partial charge on any atom is -0.497 e. The standard InChI is InChI=1S/C28H41N5O3/c1-7-33-22(5)25(21(4)29-33)19-30-15-12-28(13-16-30)26(34)31(27(35)32(28)14-11-20(2)3)18-23-9-8-10-24(17-23)36-6/h8-10,17,20H,7,11-16,18-19H2,1-6H3. The van der Waals surface area contributed by atoms with Gasteiger partial charge in [-0.2, -0.15) is 5.10 Å². The molecule has 4 rings (SSSR count). The summed E-state index contributed by atoms with van der Waals surface area (Å²) in [5, 5.41) is 4.67. The minimum atomic E-state index is -0.751. The van der Waals surface area contributed by atoms with E-state index in [4.69, 9.17) is 4.74 Å². The van der Waals surface area contributed by atoms with E-state index in [9.17, 15) is 9.59 Å². The molecule has 3 heterocycles. The van der Waals surface area contributed by atoms with Crippen LogP contribution in [0.25, 0.3) is 0 Å². The van der Waals surface area contributed by atoms with Gasteiger partial charge < -0.3 is 9.64 Å². The molecule has 2 aliphatic heterocycles. The average Bonchev–Trinajstić information content (AvgIpc) is 3.24. The first-order valence-electron chi connectivity index (χ1n) is 13.2. The molecule has 0 bridgehead atoms. The Hall–Kier alpha value is -2.87. The van der Waals surface area contributed by atoms with Crippen LogP contribution < -0.4 is 4.74 Å². The highest BCUT2D eigenvalue weighted by atomic mass is 16.5. The summed E-state index contributed by atoms with van der Waals surface area (Å²) in [6.07, 6.45) is 2.20. The topological polar surface area (TPSA) is 70.9 Å². The van der Waals surface area contributed by atoms with Crippen LogP contribution in [-0.2, 0) is 24.4 Å². The van der Waals surface area contributed by atoms with Gasteiger partial charge in [0.2, 0.25) is 0 Å². The zero-order chi connectivity index (χ0) is 26.0. The molecule has 0 unspecified atom stereocenters. The third-order valence-corrected chi connectivity index (χ3v) is 7.92. The fraction of sp³-hybridized carbons (Fsp3) is 0.607. The molecule has 0 aliphatic carbocycles. The number of methoxy groups -OCH3 is 1. The summed E-state index contributed by atoms with van der Waals surface area (Å²) < 4.78 is 7.40. The van der Waals surface area contributed by atoms with E-state index in [0.29, 0.717) is 25.3 Å². The van der Waals surface area contributed by atoms with Gasteiger partial charge in [0.1, 0.15) is 11.3 Å². The zero-order valence-corrected chi connectivity index (χ0v) is 22.7. The summed E-state index contributed by atoms with van der Waals surface area (Å²) >= 11 is 0. The predicted octanol–water partition coefficient (Wildman–Crippen LogP) is 4.37. The maximum Gasteiger partial charge on any atom is 0.327 e. The third kappa shape index (κ3) is 4.88. The molecule has 2 aliphatic rings. The Morgan fingerprint density at radius 3 is 2.44 bits per heavy atom. The van der Waals surface area contributed by atoms with Gasteiger partial charge in [0.05, 0.1) is 19.3 Å². The van der Waals surface area contributed by atoms with Crippen LogP contribution in [0.15, 0.2) is 24.3 Å². The molecule has 2 saturated heterocycles. The van der Waals surface area contributed by atoms with Crippen LogP contribution >= 0.6 is 0 Å². The van der Waals surface area contributed by atoms with Crippen molar-refractivity contribution >= 4 is 11.9 Å². The molecule has 8 heteroatoms. The van der Waals surface area contributed by atoms with Gasteiger partial charge in [0.25, 0.3) is 5.91 Å². The summed E-state index contributed by atoms with van der Waals surface area (Å²) in [6, 6.07) is 7.45. The molecule has 0 atom stereocenters. The lowest BCUT2D eigenvalue weighted by molar-refractivity contribution is -0.136. The Balaban J connectivity index is 1.53. The lowest BCUT2D eigenvalue weighted by atomic mass is 9.85. The van der Waals surface area contributed by atoms with Crippen LogP contribution in [0, 0.1) is 19.8 Å². The number of piperidine rings is 1. The predicted molar refractivity (Wildman–Crippen MR) is 140 cm³/mol. The number of likely N-dealkylation sites (tertiary alicyclic amines) is 1. The molecule has 1 aromatic heterocycles. The number of hydrogen-bond acceptors (Lipinski definition) is 5. The molecule has 2 fully saturated rings. The second kappa shape index (κ2) is 10.6. The second-order valence-corrected chi connectivity index (χ2v) is 10.6. The van der Waals surface area contributed by atoms with Crippen LogP contribution in [0.3, 0.4) is 0 Å². The Labute approximate surface area is 215 Å². The maximum absolute atomic E-state index is 13.9. The summed E-state index contributed by atoms with van der Waals surface area (Å²) in [4.78, 5) is 33.3. The van der Waals surface area contributed by atoms with Gasteiger partial charge in [-0.15, -0.1) is 0 Å². The number of amides is 3. The summed E-state index contributed by atoms with van der Waals surface area (Å²) in [7, 11) is 1.62. The summed E-state index contributed by atoms with van der Waals surface area (Å²) in [6.45, 7) is 14.8. The van der Waals surface area contributed by atoms with E-state index < -0.39 is 5.54 Å². The van der Waals surface area contributed by atoms with E-state index in [0.717, 1.165) is 49.6 Å². The van der Waals surface area contributed by atoms with Gasteiger partial charge >= 0.3 is 6.03 Å². The SMILES string of the molecule is CCn1nc(C)c(CN2CCC3(CC2)C(=O)N(Cc2cccc(OC)c2)C(=O)N3CCC(C)C)c1C. The number of urea groups is 1. The Bertz CT molecular complexity index is 1100. The highest BCUT2D eigenvalue weighted by Gasteiger charge is 2.57. The van der Waals surface area contributed by atoms with E-state index in [1.807, 2.05) is 29.2 Å².